The molecule has 1 unspecified atom stereocenters. The first-order valence-corrected chi connectivity index (χ1v) is 11.5. The molecule has 0 bridgehead atoms. The first-order valence-electron chi connectivity index (χ1n) is 10.0. The first kappa shape index (κ1) is 20.8. The van der Waals surface area contributed by atoms with Crippen molar-refractivity contribution in [2.45, 2.75) is 38.1 Å². The fourth-order valence-corrected chi connectivity index (χ4v) is 5.18. The van der Waals surface area contributed by atoms with Crippen molar-refractivity contribution in [3.05, 3.63) is 65.4 Å². The standard InChI is InChI=1S/C22H28N4O3S/c1-16-5-7-17(8-6-16)26-14-20-21(24-15-25(20)11-12-29-4)18-13-22(2,10-9-19(18)26)30(27,28)23-3/h5-10,15,23H,11-14H2,1-4H3. The van der Waals surface area contributed by atoms with E-state index in [0.717, 1.165) is 28.3 Å². The summed E-state index contributed by atoms with van der Waals surface area (Å²) in [6, 6.07) is 8.39. The quantitative estimate of drug-likeness (QED) is 0.766. The van der Waals surface area contributed by atoms with Gasteiger partial charge in [-0.05, 0) is 39.1 Å². The van der Waals surface area contributed by atoms with E-state index in [4.69, 9.17) is 4.74 Å². The van der Waals surface area contributed by atoms with E-state index in [1.807, 2.05) is 12.4 Å². The largest absolute Gasteiger partial charge is 0.383 e. The molecule has 2 heterocycles. The van der Waals surface area contributed by atoms with Crippen LogP contribution in [0.4, 0.5) is 5.69 Å². The topological polar surface area (TPSA) is 76.5 Å². The van der Waals surface area contributed by atoms with Crippen LogP contribution in [0, 0.1) is 6.92 Å². The normalized spacial score (nSPS) is 21.0. The van der Waals surface area contributed by atoms with Crippen LogP contribution in [0.3, 0.4) is 0 Å². The molecule has 7 nitrogen and oxygen atoms in total. The van der Waals surface area contributed by atoms with Crippen molar-refractivity contribution in [1.82, 2.24) is 14.3 Å². The van der Waals surface area contributed by atoms with Crippen molar-refractivity contribution >= 4 is 21.3 Å². The van der Waals surface area contributed by atoms with Crippen LogP contribution in [0.1, 0.15) is 30.3 Å². The Morgan fingerprint density at radius 3 is 2.67 bits per heavy atom. The molecule has 8 heteroatoms. The third-order valence-electron chi connectivity index (χ3n) is 6.03. The number of hydrogen-bond acceptors (Lipinski definition) is 5. The van der Waals surface area contributed by atoms with Crippen LogP contribution in [0.2, 0.25) is 0 Å². The summed E-state index contributed by atoms with van der Waals surface area (Å²) in [5.74, 6) is 0. The minimum Gasteiger partial charge on any atom is -0.383 e. The SMILES string of the molecule is CNS(=O)(=O)C1(C)C=CC2=C(C1)c1ncn(CCOC)c1CN2c1ccc(C)cc1. The number of allylic oxidation sites excluding steroid dienone is 2. The van der Waals surface area contributed by atoms with Crippen molar-refractivity contribution < 1.29 is 13.2 Å². The number of sulfonamides is 1. The number of nitrogens with zero attached hydrogens (tertiary/aromatic N) is 3. The van der Waals surface area contributed by atoms with Gasteiger partial charge in [-0.25, -0.2) is 18.1 Å². The van der Waals surface area contributed by atoms with Crippen molar-refractivity contribution in [3.63, 3.8) is 0 Å². The van der Waals surface area contributed by atoms with Gasteiger partial charge in [0.15, 0.2) is 0 Å². The van der Waals surface area contributed by atoms with Crippen molar-refractivity contribution in [1.29, 1.82) is 0 Å². The van der Waals surface area contributed by atoms with Crippen molar-refractivity contribution in [2.24, 2.45) is 0 Å². The third kappa shape index (κ3) is 3.38. The zero-order chi connectivity index (χ0) is 21.5. The molecule has 1 N–H and O–H groups in total. The summed E-state index contributed by atoms with van der Waals surface area (Å²) in [6.45, 7) is 5.78. The number of methoxy groups -OCH3 is 1. The number of nitrogens with one attached hydrogen (secondary N) is 1. The molecule has 0 radical (unpaired) electrons. The van der Waals surface area contributed by atoms with E-state index in [1.165, 1.54) is 12.6 Å². The molecule has 0 fully saturated rings. The van der Waals surface area contributed by atoms with E-state index in [-0.39, 0.29) is 0 Å². The molecule has 2 aliphatic rings. The molecule has 1 aromatic carbocycles. The minimum absolute atomic E-state index is 0.360. The molecule has 2 aromatic rings. The van der Waals surface area contributed by atoms with E-state index >= 15 is 0 Å². The molecule has 0 spiro atoms. The molecule has 30 heavy (non-hydrogen) atoms. The zero-order valence-corrected chi connectivity index (χ0v) is 18.7. The highest BCUT2D eigenvalue weighted by atomic mass is 32.2. The molecule has 1 aliphatic carbocycles. The molecule has 1 aromatic heterocycles. The van der Waals surface area contributed by atoms with Gasteiger partial charge in [-0.2, -0.15) is 0 Å². The fraction of sp³-hybridized carbons (Fsp3) is 0.409. The first-order chi connectivity index (χ1) is 14.3. The second-order valence-electron chi connectivity index (χ2n) is 8.04. The molecular weight excluding hydrogens is 400 g/mol. The summed E-state index contributed by atoms with van der Waals surface area (Å²) in [6.07, 6.45) is 5.92. The third-order valence-corrected chi connectivity index (χ3v) is 8.07. The Morgan fingerprint density at radius 1 is 1.27 bits per heavy atom. The van der Waals surface area contributed by atoms with Gasteiger partial charge in [0.25, 0.3) is 0 Å². The second kappa shape index (κ2) is 7.68. The van der Waals surface area contributed by atoms with Gasteiger partial charge in [0.1, 0.15) is 4.75 Å². The summed E-state index contributed by atoms with van der Waals surface area (Å²) in [5.41, 5.74) is 6.19. The summed E-state index contributed by atoms with van der Waals surface area (Å²) in [7, 11) is -0.369. The second-order valence-corrected chi connectivity index (χ2v) is 10.4. The molecule has 0 amide bonds. The predicted octanol–water partition coefficient (Wildman–Crippen LogP) is 2.84. The number of anilines is 1. The van der Waals surface area contributed by atoms with E-state index in [9.17, 15) is 8.42 Å². The smallest absolute Gasteiger partial charge is 0.220 e. The van der Waals surface area contributed by atoms with E-state index < -0.39 is 14.8 Å². The van der Waals surface area contributed by atoms with Crippen LogP contribution < -0.4 is 9.62 Å². The lowest BCUT2D eigenvalue weighted by Gasteiger charge is -2.38. The van der Waals surface area contributed by atoms with Crippen LogP contribution in [-0.2, 0) is 27.8 Å². The molecule has 160 valence electrons. The Balaban J connectivity index is 1.84. The number of benzene rings is 1. The van der Waals surface area contributed by atoms with Gasteiger partial charge in [0, 0.05) is 37.0 Å². The van der Waals surface area contributed by atoms with Crippen molar-refractivity contribution in [3.8, 4) is 0 Å². The van der Waals surface area contributed by atoms with E-state index in [2.05, 4.69) is 50.4 Å². The van der Waals surface area contributed by atoms with Gasteiger partial charge >= 0.3 is 0 Å². The molecule has 1 atom stereocenters. The Labute approximate surface area is 178 Å². The number of rotatable bonds is 6. The fourth-order valence-electron chi connectivity index (χ4n) is 4.13. The number of imidazole rings is 1. The molecule has 1 aliphatic heterocycles. The van der Waals surface area contributed by atoms with Crippen LogP contribution in [0.25, 0.3) is 5.57 Å². The number of hydrogen-bond donors (Lipinski definition) is 1. The van der Waals surface area contributed by atoms with Gasteiger partial charge in [0.05, 0.1) is 30.9 Å². The highest BCUT2D eigenvalue weighted by Crippen LogP contribution is 2.44. The van der Waals surface area contributed by atoms with Crippen LogP contribution in [-0.4, -0.2) is 43.5 Å². The number of aromatic nitrogens is 2. The highest BCUT2D eigenvalue weighted by molar-refractivity contribution is 7.91. The van der Waals surface area contributed by atoms with Gasteiger partial charge in [-0.15, -0.1) is 0 Å². The Hall–Kier alpha value is -2.42. The average molecular weight is 429 g/mol. The zero-order valence-electron chi connectivity index (χ0n) is 17.8. The maximum absolute atomic E-state index is 12.8. The molecule has 4 rings (SSSR count). The van der Waals surface area contributed by atoms with Gasteiger partial charge in [-0.3, -0.25) is 0 Å². The minimum atomic E-state index is -3.51. The maximum atomic E-state index is 12.8. The Bertz CT molecular complexity index is 1120. The van der Waals surface area contributed by atoms with Crippen LogP contribution in [0.5, 0.6) is 0 Å². The van der Waals surface area contributed by atoms with Gasteiger partial charge in [-0.1, -0.05) is 23.8 Å². The highest BCUT2D eigenvalue weighted by Gasteiger charge is 2.42. The summed E-state index contributed by atoms with van der Waals surface area (Å²) in [5, 5.41) is 0. The summed E-state index contributed by atoms with van der Waals surface area (Å²) < 4.78 is 34.3. The molecular formula is C22H28N4O3S. The van der Waals surface area contributed by atoms with Crippen molar-refractivity contribution in [2.75, 3.05) is 25.7 Å². The van der Waals surface area contributed by atoms with Gasteiger partial charge in [0.2, 0.25) is 10.0 Å². The lowest BCUT2D eigenvalue weighted by atomic mass is 9.87. The predicted molar refractivity (Wildman–Crippen MR) is 119 cm³/mol. The number of fused-ring (bicyclic) bond motifs is 2. The monoisotopic (exact) mass is 428 g/mol. The molecule has 0 saturated carbocycles. The van der Waals surface area contributed by atoms with E-state index in [0.29, 0.717) is 26.1 Å². The van der Waals surface area contributed by atoms with Crippen LogP contribution >= 0.6 is 0 Å². The lowest BCUT2D eigenvalue weighted by Crippen LogP contribution is -2.43. The number of aryl methyl sites for hydroxylation is 1. The van der Waals surface area contributed by atoms with Gasteiger partial charge < -0.3 is 14.2 Å². The lowest BCUT2D eigenvalue weighted by molar-refractivity contribution is 0.186. The van der Waals surface area contributed by atoms with Crippen LogP contribution in [0.15, 0.2) is 48.4 Å². The Morgan fingerprint density at radius 2 is 2.00 bits per heavy atom. The summed E-state index contributed by atoms with van der Waals surface area (Å²) in [4.78, 5) is 6.92. The number of ether oxygens (including phenoxy) is 1. The Kier molecular flexibility index (Phi) is 5.34. The molecule has 0 saturated heterocycles. The maximum Gasteiger partial charge on any atom is 0.220 e. The summed E-state index contributed by atoms with van der Waals surface area (Å²) >= 11 is 0. The average Bonchev–Trinajstić information content (AvgIpc) is 3.15. The van der Waals surface area contributed by atoms with E-state index in [1.54, 1.807) is 20.1 Å².